The van der Waals surface area contributed by atoms with Gasteiger partial charge in [0.15, 0.2) is 11.6 Å². The van der Waals surface area contributed by atoms with Crippen LogP contribution in [0.3, 0.4) is 0 Å². The van der Waals surface area contributed by atoms with Crippen LogP contribution in [-0.4, -0.2) is 25.3 Å². The van der Waals surface area contributed by atoms with E-state index in [1.54, 1.807) is 26.8 Å². The first-order valence-corrected chi connectivity index (χ1v) is 6.61. The van der Waals surface area contributed by atoms with Crippen molar-refractivity contribution in [1.82, 2.24) is 5.32 Å². The van der Waals surface area contributed by atoms with Crippen LogP contribution in [-0.2, 0) is 4.74 Å². The molecule has 0 unspecified atom stereocenters. The molecule has 1 aromatic carbocycles. The third-order valence-corrected chi connectivity index (χ3v) is 2.30. The highest BCUT2D eigenvalue weighted by atomic mass is 19.1. The first kappa shape index (κ1) is 16.8. The fourth-order valence-electron chi connectivity index (χ4n) is 1.45. The van der Waals surface area contributed by atoms with Gasteiger partial charge in [-0.1, -0.05) is 11.8 Å². The molecular formula is C16H20FNO3. The summed E-state index contributed by atoms with van der Waals surface area (Å²) in [6, 6.07) is 4.52. The maximum Gasteiger partial charge on any atom is 0.407 e. The fourth-order valence-corrected chi connectivity index (χ4v) is 1.45. The van der Waals surface area contributed by atoms with Gasteiger partial charge in [-0.05, 0) is 39.0 Å². The number of alkyl carbamates (subject to hydrolysis) is 1. The van der Waals surface area contributed by atoms with E-state index in [9.17, 15) is 9.18 Å². The van der Waals surface area contributed by atoms with Crippen LogP contribution in [0.4, 0.5) is 9.18 Å². The van der Waals surface area contributed by atoms with Crippen LogP contribution in [0.1, 0.15) is 32.8 Å². The molecule has 0 saturated heterocycles. The molecule has 1 aromatic rings. The number of hydrogen-bond donors (Lipinski definition) is 1. The number of hydrogen-bond acceptors (Lipinski definition) is 3. The molecule has 1 rings (SSSR count). The van der Waals surface area contributed by atoms with Gasteiger partial charge >= 0.3 is 6.09 Å². The maximum atomic E-state index is 13.4. The minimum atomic E-state index is -0.517. The van der Waals surface area contributed by atoms with Crippen LogP contribution in [0.25, 0.3) is 0 Å². The van der Waals surface area contributed by atoms with E-state index in [0.29, 0.717) is 18.5 Å². The van der Waals surface area contributed by atoms with Gasteiger partial charge in [0.05, 0.1) is 7.11 Å². The summed E-state index contributed by atoms with van der Waals surface area (Å²) >= 11 is 0. The predicted molar refractivity (Wildman–Crippen MR) is 78.7 cm³/mol. The largest absolute Gasteiger partial charge is 0.494 e. The molecule has 0 aromatic heterocycles. The summed E-state index contributed by atoms with van der Waals surface area (Å²) < 4.78 is 23.3. The Morgan fingerprint density at radius 3 is 2.67 bits per heavy atom. The lowest BCUT2D eigenvalue weighted by molar-refractivity contribution is 0.0529. The van der Waals surface area contributed by atoms with E-state index in [-0.39, 0.29) is 5.75 Å². The second-order valence-electron chi connectivity index (χ2n) is 5.33. The van der Waals surface area contributed by atoms with Crippen LogP contribution in [0.2, 0.25) is 0 Å². The Balaban J connectivity index is 2.40. The number of nitrogens with one attached hydrogen (secondary N) is 1. The monoisotopic (exact) mass is 293 g/mol. The lowest BCUT2D eigenvalue weighted by atomic mass is 10.2. The SMILES string of the molecule is COc1ccc(C#CCCNC(=O)OC(C)(C)C)cc1F. The molecule has 5 heteroatoms. The molecule has 0 spiro atoms. The molecule has 4 nitrogen and oxygen atoms in total. The maximum absolute atomic E-state index is 13.4. The summed E-state index contributed by atoms with van der Waals surface area (Å²) in [4.78, 5) is 11.4. The second kappa shape index (κ2) is 7.53. The van der Waals surface area contributed by atoms with E-state index in [1.165, 1.54) is 19.2 Å². The van der Waals surface area contributed by atoms with Crippen LogP contribution in [0.15, 0.2) is 18.2 Å². The van der Waals surface area contributed by atoms with Gasteiger partial charge in [0, 0.05) is 18.5 Å². The van der Waals surface area contributed by atoms with Crippen molar-refractivity contribution in [3.05, 3.63) is 29.6 Å². The zero-order valence-electron chi connectivity index (χ0n) is 12.7. The summed E-state index contributed by atoms with van der Waals surface area (Å²) in [5.74, 6) is 5.42. The predicted octanol–water partition coefficient (Wildman–Crippen LogP) is 3.10. The molecule has 1 N–H and O–H groups in total. The van der Waals surface area contributed by atoms with Crippen molar-refractivity contribution in [2.45, 2.75) is 32.8 Å². The van der Waals surface area contributed by atoms with Crippen LogP contribution >= 0.6 is 0 Å². The molecular weight excluding hydrogens is 273 g/mol. The van der Waals surface area contributed by atoms with Gasteiger partial charge in [-0.25, -0.2) is 9.18 Å². The molecule has 114 valence electrons. The van der Waals surface area contributed by atoms with Crippen molar-refractivity contribution in [2.24, 2.45) is 0 Å². The zero-order chi connectivity index (χ0) is 15.9. The molecule has 0 fully saturated rings. The third-order valence-electron chi connectivity index (χ3n) is 2.30. The Hall–Kier alpha value is -2.22. The number of carbonyl (C=O) groups excluding carboxylic acids is 1. The number of amides is 1. The Morgan fingerprint density at radius 2 is 2.10 bits per heavy atom. The lowest BCUT2D eigenvalue weighted by Crippen LogP contribution is -2.32. The molecule has 0 aliphatic carbocycles. The molecule has 1 amide bonds. The van der Waals surface area contributed by atoms with Gasteiger partial charge in [-0.2, -0.15) is 0 Å². The molecule has 21 heavy (non-hydrogen) atoms. The first-order valence-electron chi connectivity index (χ1n) is 6.61. The number of methoxy groups -OCH3 is 1. The molecule has 0 saturated carbocycles. The lowest BCUT2D eigenvalue weighted by Gasteiger charge is -2.19. The number of ether oxygens (including phenoxy) is 2. The second-order valence-corrected chi connectivity index (χ2v) is 5.33. The van der Waals surface area contributed by atoms with Crippen molar-refractivity contribution in [1.29, 1.82) is 0 Å². The van der Waals surface area contributed by atoms with Crippen molar-refractivity contribution in [2.75, 3.05) is 13.7 Å². The van der Waals surface area contributed by atoms with E-state index in [2.05, 4.69) is 17.2 Å². The highest BCUT2D eigenvalue weighted by Gasteiger charge is 2.15. The fraction of sp³-hybridized carbons (Fsp3) is 0.438. The minimum absolute atomic E-state index is 0.187. The molecule has 0 aliphatic heterocycles. The third kappa shape index (κ3) is 6.66. The van der Waals surface area contributed by atoms with E-state index in [0.717, 1.165) is 0 Å². The number of halogens is 1. The quantitative estimate of drug-likeness (QED) is 0.688. The van der Waals surface area contributed by atoms with Gasteiger partial charge in [0.2, 0.25) is 0 Å². The van der Waals surface area contributed by atoms with Crippen LogP contribution in [0, 0.1) is 17.7 Å². The summed E-state index contributed by atoms with van der Waals surface area (Å²) in [6.45, 7) is 5.76. The molecule has 0 heterocycles. The Labute approximate surface area is 124 Å². The summed E-state index contributed by atoms with van der Waals surface area (Å²) in [5.41, 5.74) is 0.0432. The molecule has 0 radical (unpaired) electrons. The Bertz CT molecular complexity index is 553. The van der Waals surface area contributed by atoms with Crippen molar-refractivity contribution in [3.63, 3.8) is 0 Å². The van der Waals surface area contributed by atoms with Gasteiger partial charge in [-0.15, -0.1) is 0 Å². The minimum Gasteiger partial charge on any atom is -0.494 e. The van der Waals surface area contributed by atoms with Gasteiger partial charge in [0.25, 0.3) is 0 Å². The number of carbonyl (C=O) groups is 1. The number of benzene rings is 1. The molecule has 0 atom stereocenters. The van der Waals surface area contributed by atoms with Crippen molar-refractivity contribution >= 4 is 6.09 Å². The highest BCUT2D eigenvalue weighted by molar-refractivity contribution is 5.67. The first-order chi connectivity index (χ1) is 9.81. The van der Waals surface area contributed by atoms with E-state index < -0.39 is 17.5 Å². The topological polar surface area (TPSA) is 47.6 Å². The summed E-state index contributed by atoms with van der Waals surface area (Å²) in [5, 5.41) is 2.60. The standard InChI is InChI=1S/C16H20FNO3/c1-16(2,3)21-15(19)18-10-6-5-7-12-8-9-14(20-4)13(17)11-12/h8-9,11H,6,10H2,1-4H3,(H,18,19). The van der Waals surface area contributed by atoms with Crippen LogP contribution in [0.5, 0.6) is 5.75 Å². The van der Waals surface area contributed by atoms with Crippen molar-refractivity contribution in [3.8, 4) is 17.6 Å². The average Bonchev–Trinajstić information content (AvgIpc) is 2.36. The highest BCUT2D eigenvalue weighted by Crippen LogP contribution is 2.16. The zero-order valence-corrected chi connectivity index (χ0v) is 12.7. The van der Waals surface area contributed by atoms with E-state index >= 15 is 0 Å². The smallest absolute Gasteiger partial charge is 0.407 e. The number of rotatable bonds is 3. The van der Waals surface area contributed by atoms with Crippen molar-refractivity contribution < 1.29 is 18.7 Å². The molecule has 0 bridgehead atoms. The summed E-state index contributed by atoms with van der Waals surface area (Å²) in [6.07, 6.45) is -0.0211. The Kier molecular flexibility index (Phi) is 6.04. The van der Waals surface area contributed by atoms with Gasteiger partial charge < -0.3 is 14.8 Å². The van der Waals surface area contributed by atoms with Gasteiger partial charge in [0.1, 0.15) is 5.60 Å². The van der Waals surface area contributed by atoms with Gasteiger partial charge in [-0.3, -0.25) is 0 Å². The van der Waals surface area contributed by atoms with E-state index in [4.69, 9.17) is 9.47 Å². The van der Waals surface area contributed by atoms with Crippen LogP contribution < -0.4 is 10.1 Å². The Morgan fingerprint density at radius 1 is 1.38 bits per heavy atom. The summed E-state index contributed by atoms with van der Waals surface area (Å²) in [7, 11) is 1.41. The normalized spacial score (nSPS) is 10.3. The van der Waals surface area contributed by atoms with E-state index in [1.807, 2.05) is 0 Å². The molecule has 0 aliphatic rings. The average molecular weight is 293 g/mol.